The van der Waals surface area contributed by atoms with Gasteiger partial charge in [0.15, 0.2) is 0 Å². The lowest BCUT2D eigenvalue weighted by atomic mass is 9.97. The molecule has 1 fully saturated rings. The summed E-state index contributed by atoms with van der Waals surface area (Å²) in [5.74, 6) is 0.766. The van der Waals surface area contributed by atoms with Gasteiger partial charge in [-0.2, -0.15) is 11.8 Å². The highest BCUT2D eigenvalue weighted by Gasteiger charge is 2.22. The first-order valence-electron chi connectivity index (χ1n) is 4.25. The maximum atomic E-state index is 9.49. The van der Waals surface area contributed by atoms with Crippen molar-refractivity contribution < 1.29 is 10.2 Å². The van der Waals surface area contributed by atoms with Gasteiger partial charge in [-0.15, -0.1) is 0 Å². The van der Waals surface area contributed by atoms with Crippen molar-refractivity contribution in [3.05, 3.63) is 0 Å². The minimum absolute atomic E-state index is 0.125. The molecule has 0 radical (unpaired) electrons. The van der Waals surface area contributed by atoms with E-state index in [0.717, 1.165) is 25.0 Å². The van der Waals surface area contributed by atoms with E-state index in [1.165, 1.54) is 6.42 Å². The number of hydrogen-bond acceptors (Lipinski definition) is 3. The minimum atomic E-state index is -0.125. The van der Waals surface area contributed by atoms with Crippen molar-refractivity contribution >= 4 is 11.8 Å². The molecule has 1 aliphatic carbocycles. The Balaban J connectivity index is 2.18. The summed E-state index contributed by atoms with van der Waals surface area (Å²) in [5, 5.41) is 18.5. The van der Waals surface area contributed by atoms with Crippen molar-refractivity contribution in [2.45, 2.75) is 37.0 Å². The Morgan fingerprint density at radius 1 is 1.27 bits per heavy atom. The van der Waals surface area contributed by atoms with E-state index in [9.17, 15) is 5.11 Å². The lowest BCUT2D eigenvalue weighted by molar-refractivity contribution is 0.137. The fraction of sp³-hybridized carbons (Fsp3) is 1.00. The normalized spacial score (nSPS) is 32.2. The third-order valence-electron chi connectivity index (χ3n) is 2.09. The van der Waals surface area contributed by atoms with Crippen LogP contribution in [0.3, 0.4) is 0 Å². The molecule has 0 aliphatic heterocycles. The smallest absolute Gasteiger partial charge is 0.0658 e. The topological polar surface area (TPSA) is 40.5 Å². The van der Waals surface area contributed by atoms with Crippen LogP contribution >= 0.6 is 11.8 Å². The van der Waals surface area contributed by atoms with Crippen LogP contribution in [0.15, 0.2) is 0 Å². The molecule has 3 heteroatoms. The number of aliphatic hydroxyl groups excluding tert-OH is 2. The van der Waals surface area contributed by atoms with Crippen molar-refractivity contribution in [1.29, 1.82) is 0 Å². The van der Waals surface area contributed by atoms with Gasteiger partial charge in [0, 0.05) is 11.0 Å². The molecule has 0 aromatic heterocycles. The van der Waals surface area contributed by atoms with Crippen molar-refractivity contribution in [3.8, 4) is 0 Å². The molecule has 1 rings (SSSR count). The van der Waals surface area contributed by atoms with Crippen LogP contribution < -0.4 is 0 Å². The molecule has 0 aromatic rings. The van der Waals surface area contributed by atoms with Gasteiger partial charge in [0.1, 0.15) is 0 Å². The minimum Gasteiger partial charge on any atom is -0.396 e. The van der Waals surface area contributed by atoms with Crippen molar-refractivity contribution in [3.63, 3.8) is 0 Å². The van der Waals surface area contributed by atoms with E-state index in [-0.39, 0.29) is 12.7 Å². The zero-order valence-electron chi connectivity index (χ0n) is 6.70. The Kier molecular flexibility index (Phi) is 4.26. The van der Waals surface area contributed by atoms with E-state index in [4.69, 9.17) is 5.11 Å². The molecule has 2 N–H and O–H groups in total. The summed E-state index contributed by atoms with van der Waals surface area (Å²) in [6.45, 7) is 0.230. The van der Waals surface area contributed by atoms with E-state index in [0.29, 0.717) is 5.25 Å². The molecule has 1 saturated carbocycles. The molecule has 0 bridgehead atoms. The average Bonchev–Trinajstić information content (AvgIpc) is 2.03. The standard InChI is InChI=1S/C8H16O2S/c9-5-6-11-8-4-2-1-3-7(8)10/h7-10H,1-6H2. The molecule has 2 nitrogen and oxygen atoms in total. The maximum Gasteiger partial charge on any atom is 0.0658 e. The SMILES string of the molecule is OCCSC1CCCCC1O. The first-order valence-corrected chi connectivity index (χ1v) is 5.30. The Morgan fingerprint density at radius 3 is 2.64 bits per heavy atom. The zero-order valence-corrected chi connectivity index (χ0v) is 7.52. The van der Waals surface area contributed by atoms with Crippen molar-refractivity contribution in [2.75, 3.05) is 12.4 Å². The van der Waals surface area contributed by atoms with Gasteiger partial charge in [0.2, 0.25) is 0 Å². The quantitative estimate of drug-likeness (QED) is 0.674. The van der Waals surface area contributed by atoms with Gasteiger partial charge in [-0.25, -0.2) is 0 Å². The molecule has 11 heavy (non-hydrogen) atoms. The molecule has 0 heterocycles. The van der Waals surface area contributed by atoms with E-state index in [1.54, 1.807) is 11.8 Å². The number of aliphatic hydroxyl groups is 2. The van der Waals surface area contributed by atoms with Crippen molar-refractivity contribution in [1.82, 2.24) is 0 Å². The van der Waals surface area contributed by atoms with E-state index in [1.807, 2.05) is 0 Å². The second kappa shape index (κ2) is 5.01. The Bertz CT molecular complexity index is 108. The fourth-order valence-electron chi connectivity index (χ4n) is 1.48. The molecule has 2 unspecified atom stereocenters. The zero-order chi connectivity index (χ0) is 8.10. The van der Waals surface area contributed by atoms with Gasteiger partial charge in [-0.3, -0.25) is 0 Å². The Morgan fingerprint density at radius 2 is 2.00 bits per heavy atom. The third kappa shape index (κ3) is 3.01. The largest absolute Gasteiger partial charge is 0.396 e. The van der Waals surface area contributed by atoms with Gasteiger partial charge in [-0.05, 0) is 12.8 Å². The van der Waals surface area contributed by atoms with E-state index >= 15 is 0 Å². The summed E-state index contributed by atoms with van der Waals surface area (Å²) in [6.07, 6.45) is 4.34. The van der Waals surface area contributed by atoms with Crippen LogP contribution in [0.2, 0.25) is 0 Å². The van der Waals surface area contributed by atoms with Gasteiger partial charge in [-0.1, -0.05) is 12.8 Å². The highest BCUT2D eigenvalue weighted by atomic mass is 32.2. The Labute approximate surface area is 72.0 Å². The van der Waals surface area contributed by atoms with Gasteiger partial charge >= 0.3 is 0 Å². The average molecular weight is 176 g/mol. The van der Waals surface area contributed by atoms with Crippen LogP contribution in [0.5, 0.6) is 0 Å². The van der Waals surface area contributed by atoms with Gasteiger partial charge in [0.05, 0.1) is 12.7 Å². The van der Waals surface area contributed by atoms with E-state index < -0.39 is 0 Å². The highest BCUT2D eigenvalue weighted by molar-refractivity contribution is 7.99. The number of thioether (sulfide) groups is 1. The summed E-state index contributed by atoms with van der Waals surface area (Å²) >= 11 is 1.71. The van der Waals surface area contributed by atoms with Crippen LogP contribution in [-0.2, 0) is 0 Å². The lowest BCUT2D eigenvalue weighted by Crippen LogP contribution is -2.27. The Hall–Kier alpha value is 0.270. The first kappa shape index (κ1) is 9.36. The van der Waals surface area contributed by atoms with Gasteiger partial charge in [0.25, 0.3) is 0 Å². The summed E-state index contributed by atoms with van der Waals surface area (Å²) in [5.41, 5.74) is 0. The second-order valence-corrected chi connectivity index (χ2v) is 4.33. The molecule has 2 atom stereocenters. The molecule has 0 aromatic carbocycles. The van der Waals surface area contributed by atoms with Crippen LogP contribution in [0, 0.1) is 0 Å². The predicted molar refractivity (Wildman–Crippen MR) is 47.8 cm³/mol. The van der Waals surface area contributed by atoms with E-state index in [2.05, 4.69) is 0 Å². The molecule has 66 valence electrons. The summed E-state index contributed by atoms with van der Waals surface area (Å²) in [4.78, 5) is 0. The predicted octanol–water partition coefficient (Wildman–Crippen LogP) is 1.02. The summed E-state index contributed by atoms with van der Waals surface area (Å²) in [6, 6.07) is 0. The van der Waals surface area contributed by atoms with Crippen LogP contribution in [0.4, 0.5) is 0 Å². The molecular formula is C8H16O2S. The molecule has 1 aliphatic rings. The second-order valence-electron chi connectivity index (χ2n) is 2.98. The number of hydrogen-bond donors (Lipinski definition) is 2. The molecule has 0 spiro atoms. The maximum absolute atomic E-state index is 9.49. The molecular weight excluding hydrogens is 160 g/mol. The van der Waals surface area contributed by atoms with Crippen LogP contribution in [0.1, 0.15) is 25.7 Å². The fourth-order valence-corrected chi connectivity index (χ4v) is 2.58. The monoisotopic (exact) mass is 176 g/mol. The highest BCUT2D eigenvalue weighted by Crippen LogP contribution is 2.28. The number of rotatable bonds is 3. The summed E-state index contributed by atoms with van der Waals surface area (Å²) < 4.78 is 0. The summed E-state index contributed by atoms with van der Waals surface area (Å²) in [7, 11) is 0. The first-order chi connectivity index (χ1) is 5.34. The molecule has 0 saturated heterocycles. The van der Waals surface area contributed by atoms with Crippen LogP contribution in [0.25, 0.3) is 0 Å². The van der Waals surface area contributed by atoms with Crippen LogP contribution in [-0.4, -0.2) is 33.9 Å². The molecule has 0 amide bonds. The third-order valence-corrected chi connectivity index (χ3v) is 3.49. The van der Waals surface area contributed by atoms with Gasteiger partial charge < -0.3 is 10.2 Å². The van der Waals surface area contributed by atoms with Crippen molar-refractivity contribution in [2.24, 2.45) is 0 Å². The lowest BCUT2D eigenvalue weighted by Gasteiger charge is -2.26.